The maximum absolute atomic E-state index is 13.2. The molecule has 0 heterocycles. The highest BCUT2D eigenvalue weighted by Crippen LogP contribution is 2.41. The first-order chi connectivity index (χ1) is 18.9. The van der Waals surface area contributed by atoms with Crippen LogP contribution in [0.15, 0.2) is 117 Å². The van der Waals surface area contributed by atoms with E-state index in [4.69, 9.17) is 0 Å². The monoisotopic (exact) mass is 612 g/mol. The number of anilines is 2. The molecule has 2 N–H and O–H groups in total. The fourth-order valence-electron chi connectivity index (χ4n) is 3.71. The van der Waals surface area contributed by atoms with Crippen molar-refractivity contribution in [1.82, 2.24) is 0 Å². The summed E-state index contributed by atoms with van der Waals surface area (Å²) >= 11 is 0. The van der Waals surface area contributed by atoms with Gasteiger partial charge in [-0.2, -0.15) is 0 Å². The summed E-state index contributed by atoms with van der Waals surface area (Å²) < 4.78 is 48.6. The number of carbonyl (C=O) groups excluding carboxylic acids is 2. The summed E-state index contributed by atoms with van der Waals surface area (Å²) in [5.74, 6) is -0.966. The Morgan fingerprint density at radius 3 is 1.23 bits per heavy atom. The molecule has 40 heavy (non-hydrogen) atoms. The number of rotatable bonds is 9. The van der Waals surface area contributed by atoms with Crippen molar-refractivity contribution in [3.63, 3.8) is 0 Å². The molecule has 0 unspecified atom stereocenters. The number of benzene rings is 4. The van der Waals surface area contributed by atoms with Crippen molar-refractivity contribution in [1.29, 1.82) is 0 Å². The van der Waals surface area contributed by atoms with Crippen molar-refractivity contribution < 1.29 is 26.4 Å². The summed E-state index contributed by atoms with van der Waals surface area (Å²) in [7, 11) is -4.61. The summed E-state index contributed by atoms with van der Waals surface area (Å²) in [5.41, 5.74) is 1.01. The molecule has 0 saturated carbocycles. The molecule has 4 aromatic rings. The lowest BCUT2D eigenvalue weighted by Gasteiger charge is -2.13. The number of hydrogen-bond donors (Lipinski definition) is 2. The van der Waals surface area contributed by atoms with Gasteiger partial charge in [0.15, 0.2) is 19.7 Å². The van der Waals surface area contributed by atoms with Crippen molar-refractivity contribution in [2.24, 2.45) is 0 Å². The number of nitrogens with one attached hydrogen (secondary N) is 2. The normalized spacial score (nSPS) is 11.6. The predicted octanol–water partition coefficient (Wildman–Crippen LogP) is 5.80. The van der Waals surface area contributed by atoms with E-state index in [2.05, 4.69) is 10.6 Å². The predicted molar refractivity (Wildman–Crippen MR) is 160 cm³/mol. The maximum Gasteiger partial charge on any atom is 0.256 e. The molecular formula is C28H24N2O6S4. The lowest BCUT2D eigenvalue weighted by Crippen LogP contribution is -2.15. The van der Waals surface area contributed by atoms with Gasteiger partial charge in [0.1, 0.15) is 0 Å². The summed E-state index contributed by atoms with van der Waals surface area (Å²) in [6.45, 7) is 0. The Morgan fingerprint density at radius 2 is 0.850 bits per heavy atom. The lowest BCUT2D eigenvalue weighted by atomic mass is 10.2. The van der Waals surface area contributed by atoms with Crippen molar-refractivity contribution in [2.45, 2.75) is 19.6 Å². The van der Waals surface area contributed by atoms with E-state index >= 15 is 0 Å². The standard InChI is InChI=1S/C28H24N2O6S4/c1-39(33,34)25-17-9-5-13-21(25)29-27(31)19-11-3-7-15-23(19)37-38-24-16-8-4-12-20(24)28(32)30-22-14-6-10-18-26(22)40(2,35)36/h3-18H,1-2H3,(H,29,31)(H,30,32). The second kappa shape index (κ2) is 12.3. The molecule has 0 aromatic heterocycles. The van der Waals surface area contributed by atoms with E-state index < -0.39 is 31.5 Å². The molecule has 0 bridgehead atoms. The first-order valence-electron chi connectivity index (χ1n) is 11.7. The van der Waals surface area contributed by atoms with E-state index in [0.717, 1.165) is 12.5 Å². The minimum atomic E-state index is -3.56. The molecular weight excluding hydrogens is 589 g/mol. The van der Waals surface area contributed by atoms with Gasteiger partial charge in [0.25, 0.3) is 11.8 Å². The van der Waals surface area contributed by atoms with Gasteiger partial charge in [0.05, 0.1) is 32.3 Å². The van der Waals surface area contributed by atoms with Gasteiger partial charge >= 0.3 is 0 Å². The van der Waals surface area contributed by atoms with Crippen LogP contribution in [0.3, 0.4) is 0 Å². The van der Waals surface area contributed by atoms with E-state index in [1.165, 1.54) is 45.9 Å². The smallest absolute Gasteiger partial charge is 0.256 e. The highest BCUT2D eigenvalue weighted by Gasteiger charge is 2.20. The van der Waals surface area contributed by atoms with Gasteiger partial charge in [-0.25, -0.2) is 16.8 Å². The fraction of sp³-hybridized carbons (Fsp3) is 0.0714. The third-order valence-electron chi connectivity index (χ3n) is 5.55. The van der Waals surface area contributed by atoms with Gasteiger partial charge in [0, 0.05) is 22.3 Å². The first kappa shape index (κ1) is 29.4. The lowest BCUT2D eigenvalue weighted by molar-refractivity contribution is 0.101. The van der Waals surface area contributed by atoms with E-state index in [0.29, 0.717) is 20.9 Å². The van der Waals surface area contributed by atoms with E-state index in [1.807, 2.05) is 0 Å². The van der Waals surface area contributed by atoms with Gasteiger partial charge in [-0.05, 0) is 48.5 Å². The molecule has 2 amide bonds. The van der Waals surface area contributed by atoms with Crippen molar-refractivity contribution >= 4 is 64.5 Å². The molecule has 4 rings (SSSR count). The van der Waals surface area contributed by atoms with Crippen LogP contribution < -0.4 is 10.6 Å². The molecule has 0 saturated heterocycles. The quantitative estimate of drug-likeness (QED) is 0.227. The summed E-state index contributed by atoms with van der Waals surface area (Å²) in [6, 6.07) is 26.0. The van der Waals surface area contributed by atoms with Crippen molar-refractivity contribution in [2.75, 3.05) is 23.1 Å². The Morgan fingerprint density at radius 1 is 0.525 bits per heavy atom. The number of sulfone groups is 2. The van der Waals surface area contributed by atoms with Gasteiger partial charge in [-0.3, -0.25) is 9.59 Å². The van der Waals surface area contributed by atoms with Gasteiger partial charge in [-0.15, -0.1) is 0 Å². The molecule has 0 aliphatic carbocycles. The third kappa shape index (κ3) is 7.13. The molecule has 4 aromatic carbocycles. The Balaban J connectivity index is 1.55. The highest BCUT2D eigenvalue weighted by atomic mass is 33.1. The molecule has 0 atom stereocenters. The van der Waals surface area contributed by atoms with Gasteiger partial charge in [-0.1, -0.05) is 70.1 Å². The van der Waals surface area contributed by atoms with E-state index in [-0.39, 0.29) is 21.2 Å². The van der Waals surface area contributed by atoms with E-state index in [9.17, 15) is 26.4 Å². The number of para-hydroxylation sites is 2. The molecule has 0 radical (unpaired) electrons. The molecule has 8 nitrogen and oxygen atoms in total. The van der Waals surface area contributed by atoms with Crippen LogP contribution in [0.25, 0.3) is 0 Å². The number of hydrogen-bond acceptors (Lipinski definition) is 8. The summed E-state index contributed by atoms with van der Waals surface area (Å²) in [6.07, 6.45) is 2.15. The van der Waals surface area contributed by atoms with Crippen molar-refractivity contribution in [3.05, 3.63) is 108 Å². The second-order valence-corrected chi connectivity index (χ2v) is 14.8. The van der Waals surface area contributed by atoms with Crippen LogP contribution in [0, 0.1) is 0 Å². The molecule has 206 valence electrons. The molecule has 0 aliphatic rings. The summed E-state index contributed by atoms with van der Waals surface area (Å²) in [5, 5.41) is 5.38. The minimum Gasteiger partial charge on any atom is -0.321 e. The number of amides is 2. The van der Waals surface area contributed by atoms with Gasteiger partial charge in [0.2, 0.25) is 0 Å². The first-order valence-corrected chi connectivity index (χ1v) is 17.6. The SMILES string of the molecule is CS(=O)(=O)c1ccccc1NC(=O)c1ccccc1SSc1ccccc1C(=O)Nc1ccccc1S(C)(=O)=O. The van der Waals surface area contributed by atoms with E-state index in [1.54, 1.807) is 72.8 Å². The van der Waals surface area contributed by atoms with Crippen LogP contribution in [-0.4, -0.2) is 41.2 Å². The minimum absolute atomic E-state index is 0.0141. The van der Waals surface area contributed by atoms with Crippen LogP contribution >= 0.6 is 21.6 Å². The zero-order valence-corrected chi connectivity index (χ0v) is 24.6. The fourth-order valence-corrected chi connectivity index (χ4v) is 7.76. The Kier molecular flexibility index (Phi) is 9.04. The van der Waals surface area contributed by atoms with Crippen LogP contribution in [0.5, 0.6) is 0 Å². The largest absolute Gasteiger partial charge is 0.321 e. The molecule has 0 aliphatic heterocycles. The van der Waals surface area contributed by atoms with Crippen molar-refractivity contribution in [3.8, 4) is 0 Å². The maximum atomic E-state index is 13.2. The Labute approximate surface area is 240 Å². The molecule has 12 heteroatoms. The molecule has 0 spiro atoms. The Hall–Kier alpha value is -3.58. The Bertz CT molecular complexity index is 1670. The average molecular weight is 613 g/mol. The van der Waals surface area contributed by atoms with Crippen LogP contribution in [0.2, 0.25) is 0 Å². The summed E-state index contributed by atoms with van der Waals surface area (Å²) in [4.78, 5) is 27.6. The zero-order chi connectivity index (χ0) is 28.9. The molecule has 0 fully saturated rings. The van der Waals surface area contributed by atoms with Gasteiger partial charge < -0.3 is 10.6 Å². The topological polar surface area (TPSA) is 126 Å². The highest BCUT2D eigenvalue weighted by molar-refractivity contribution is 8.76. The number of carbonyl (C=O) groups is 2. The third-order valence-corrected chi connectivity index (χ3v) is 10.3. The second-order valence-electron chi connectivity index (χ2n) is 8.60. The van der Waals surface area contributed by atoms with Crippen LogP contribution in [0.4, 0.5) is 11.4 Å². The zero-order valence-electron chi connectivity index (χ0n) is 21.3. The average Bonchev–Trinajstić information content (AvgIpc) is 2.91. The van der Waals surface area contributed by atoms with Crippen LogP contribution in [-0.2, 0) is 19.7 Å². The van der Waals surface area contributed by atoms with Crippen LogP contribution in [0.1, 0.15) is 20.7 Å².